The molecule has 9 nitrogen and oxygen atoms in total. The van der Waals surface area contributed by atoms with Crippen LogP contribution in [0.25, 0.3) is 22.3 Å². The molecule has 0 aliphatic carbocycles. The maximum atomic E-state index is 15.0. The Balaban J connectivity index is 1.56. The average molecular weight is 494 g/mol. The zero-order valence-electron chi connectivity index (χ0n) is 19.8. The standard InChI is InChI=1S/C25H25F2N7O2/c1-33-13-15-22(32-33)17(27)11-19(23(15)34-10-4-5-14(34)12-28)31-25(35)18-8-9-29-24(30-18)21-16(26)6-3-7-20(21)36-2/h3,6-9,11,13-14H,4-5,10,12,28H2,1-2H3,(H,31,35)/t14-/m1/s1. The van der Waals surface area contributed by atoms with E-state index in [4.69, 9.17) is 10.5 Å². The molecule has 1 aliphatic rings. The fraction of sp³-hybridized carbons (Fsp3) is 0.280. The Bertz CT molecular complexity index is 1460. The van der Waals surface area contributed by atoms with Gasteiger partial charge in [-0.1, -0.05) is 6.07 Å². The third kappa shape index (κ3) is 4.11. The molecular formula is C25H25F2N7O2. The van der Waals surface area contributed by atoms with Crippen LogP contribution in [0.3, 0.4) is 0 Å². The summed E-state index contributed by atoms with van der Waals surface area (Å²) in [7, 11) is 3.12. The molecule has 5 rings (SSSR count). The second-order valence-corrected chi connectivity index (χ2v) is 8.58. The largest absolute Gasteiger partial charge is 0.496 e. The number of halogens is 2. The van der Waals surface area contributed by atoms with Crippen molar-refractivity contribution in [2.24, 2.45) is 12.8 Å². The van der Waals surface area contributed by atoms with E-state index in [-0.39, 0.29) is 40.1 Å². The van der Waals surface area contributed by atoms with Gasteiger partial charge in [0.2, 0.25) is 0 Å². The molecule has 0 saturated carbocycles. The van der Waals surface area contributed by atoms with Gasteiger partial charge in [-0.3, -0.25) is 9.48 Å². The molecule has 1 fully saturated rings. The van der Waals surface area contributed by atoms with Crippen LogP contribution in [-0.4, -0.2) is 51.9 Å². The number of aryl methyl sites for hydroxylation is 1. The molecule has 11 heteroatoms. The van der Waals surface area contributed by atoms with Gasteiger partial charge in [0.05, 0.1) is 24.0 Å². The number of rotatable bonds is 6. The van der Waals surface area contributed by atoms with Gasteiger partial charge in [-0.05, 0) is 31.0 Å². The van der Waals surface area contributed by atoms with Gasteiger partial charge in [-0.15, -0.1) is 0 Å². The number of aromatic nitrogens is 4. The third-order valence-electron chi connectivity index (χ3n) is 6.33. The molecule has 3 N–H and O–H groups in total. The van der Waals surface area contributed by atoms with Crippen LogP contribution in [0.2, 0.25) is 0 Å². The number of amides is 1. The first kappa shape index (κ1) is 23.6. The van der Waals surface area contributed by atoms with E-state index in [2.05, 4.69) is 25.3 Å². The summed E-state index contributed by atoms with van der Waals surface area (Å²) in [5.41, 5.74) is 7.19. The van der Waals surface area contributed by atoms with Crippen LogP contribution in [0.1, 0.15) is 23.3 Å². The Kier molecular flexibility index (Phi) is 6.23. The Hall–Kier alpha value is -4.12. The second-order valence-electron chi connectivity index (χ2n) is 8.58. The van der Waals surface area contributed by atoms with Crippen molar-refractivity contribution < 1.29 is 18.3 Å². The summed E-state index contributed by atoms with van der Waals surface area (Å²) in [6.07, 6.45) is 4.90. The van der Waals surface area contributed by atoms with E-state index in [1.165, 1.54) is 42.3 Å². The maximum Gasteiger partial charge on any atom is 0.274 e. The Morgan fingerprint density at radius 3 is 2.89 bits per heavy atom. The van der Waals surface area contributed by atoms with Gasteiger partial charge < -0.3 is 20.7 Å². The molecule has 0 bridgehead atoms. The molecule has 1 atom stereocenters. The molecule has 2 aromatic heterocycles. The predicted octanol–water partition coefficient (Wildman–Crippen LogP) is 3.50. The number of nitrogens with one attached hydrogen (secondary N) is 1. The molecule has 4 aromatic rings. The van der Waals surface area contributed by atoms with Crippen LogP contribution in [0.5, 0.6) is 5.75 Å². The SMILES string of the molecule is COc1cccc(F)c1-c1nccc(C(=O)Nc2cc(F)c3nn(C)cc3c2N2CCC[C@@H]2CN)n1. The summed E-state index contributed by atoms with van der Waals surface area (Å²) < 4.78 is 36.4. The molecule has 1 saturated heterocycles. The van der Waals surface area contributed by atoms with E-state index < -0.39 is 17.5 Å². The molecule has 0 unspecified atom stereocenters. The van der Waals surface area contributed by atoms with E-state index in [0.717, 1.165) is 12.8 Å². The predicted molar refractivity (Wildman–Crippen MR) is 132 cm³/mol. The Morgan fingerprint density at radius 2 is 2.11 bits per heavy atom. The highest BCUT2D eigenvalue weighted by Gasteiger charge is 2.29. The normalized spacial score (nSPS) is 15.5. The van der Waals surface area contributed by atoms with Gasteiger partial charge in [0, 0.05) is 50.0 Å². The van der Waals surface area contributed by atoms with Crippen LogP contribution >= 0.6 is 0 Å². The van der Waals surface area contributed by atoms with Gasteiger partial charge in [-0.25, -0.2) is 18.7 Å². The Labute approximate surface area is 205 Å². The van der Waals surface area contributed by atoms with E-state index in [0.29, 0.717) is 24.2 Å². The lowest BCUT2D eigenvalue weighted by molar-refractivity contribution is 0.102. The number of carbonyl (C=O) groups is 1. The number of ether oxygens (including phenoxy) is 1. The summed E-state index contributed by atoms with van der Waals surface area (Å²) in [6, 6.07) is 7.06. The number of hydrogen-bond donors (Lipinski definition) is 2. The lowest BCUT2D eigenvalue weighted by Crippen LogP contribution is -2.36. The van der Waals surface area contributed by atoms with Crippen molar-refractivity contribution in [2.75, 3.05) is 30.4 Å². The van der Waals surface area contributed by atoms with Crippen molar-refractivity contribution in [3.8, 4) is 17.1 Å². The molecule has 1 aliphatic heterocycles. The number of methoxy groups -OCH3 is 1. The molecular weight excluding hydrogens is 468 g/mol. The van der Waals surface area contributed by atoms with Crippen molar-refractivity contribution in [1.29, 1.82) is 0 Å². The van der Waals surface area contributed by atoms with Gasteiger partial charge in [0.15, 0.2) is 11.6 Å². The first-order valence-corrected chi connectivity index (χ1v) is 11.5. The van der Waals surface area contributed by atoms with E-state index in [1.807, 2.05) is 0 Å². The molecule has 186 valence electrons. The number of benzene rings is 2. The minimum atomic E-state index is -0.596. The number of hydrogen-bond acceptors (Lipinski definition) is 7. The highest BCUT2D eigenvalue weighted by Crippen LogP contribution is 2.40. The van der Waals surface area contributed by atoms with Crippen LogP contribution in [0.4, 0.5) is 20.2 Å². The molecule has 3 heterocycles. The minimum absolute atomic E-state index is 0.00514. The van der Waals surface area contributed by atoms with Crippen molar-refractivity contribution in [3.05, 3.63) is 60.1 Å². The molecule has 2 aromatic carbocycles. The summed E-state index contributed by atoms with van der Waals surface area (Å²) in [5, 5.41) is 7.62. The first-order valence-electron chi connectivity index (χ1n) is 11.5. The highest BCUT2D eigenvalue weighted by atomic mass is 19.1. The van der Waals surface area contributed by atoms with Gasteiger partial charge >= 0.3 is 0 Å². The van der Waals surface area contributed by atoms with Gasteiger partial charge in [0.25, 0.3) is 5.91 Å². The van der Waals surface area contributed by atoms with Crippen LogP contribution in [0, 0.1) is 11.6 Å². The highest BCUT2D eigenvalue weighted by molar-refractivity contribution is 6.09. The van der Waals surface area contributed by atoms with Gasteiger partial charge in [-0.2, -0.15) is 5.10 Å². The maximum absolute atomic E-state index is 15.0. The summed E-state index contributed by atoms with van der Waals surface area (Å²) in [6.45, 7) is 1.14. The molecule has 0 radical (unpaired) electrons. The molecule has 0 spiro atoms. The summed E-state index contributed by atoms with van der Waals surface area (Å²) >= 11 is 0. The van der Waals surface area contributed by atoms with Gasteiger partial charge in [0.1, 0.15) is 22.8 Å². The summed E-state index contributed by atoms with van der Waals surface area (Å²) in [4.78, 5) is 23.8. The van der Waals surface area contributed by atoms with E-state index in [1.54, 1.807) is 19.3 Å². The first-order chi connectivity index (χ1) is 17.4. The second kappa shape index (κ2) is 9.50. The zero-order chi connectivity index (χ0) is 25.4. The number of fused-ring (bicyclic) bond motifs is 1. The smallest absolute Gasteiger partial charge is 0.274 e. The average Bonchev–Trinajstić information content (AvgIpc) is 3.50. The fourth-order valence-corrected chi connectivity index (χ4v) is 4.71. The van der Waals surface area contributed by atoms with Crippen molar-refractivity contribution in [2.45, 2.75) is 18.9 Å². The molecule has 36 heavy (non-hydrogen) atoms. The van der Waals surface area contributed by atoms with Crippen molar-refractivity contribution >= 4 is 28.2 Å². The Morgan fingerprint density at radius 1 is 1.28 bits per heavy atom. The lowest BCUT2D eigenvalue weighted by atomic mass is 10.1. The van der Waals surface area contributed by atoms with Crippen LogP contribution < -0.4 is 20.7 Å². The number of carbonyl (C=O) groups excluding carboxylic acids is 1. The number of anilines is 2. The fourth-order valence-electron chi connectivity index (χ4n) is 4.71. The lowest BCUT2D eigenvalue weighted by Gasteiger charge is -2.28. The summed E-state index contributed by atoms with van der Waals surface area (Å²) in [5.74, 6) is -1.51. The van der Waals surface area contributed by atoms with E-state index >= 15 is 4.39 Å². The van der Waals surface area contributed by atoms with E-state index in [9.17, 15) is 9.18 Å². The van der Waals surface area contributed by atoms with Crippen molar-refractivity contribution in [1.82, 2.24) is 19.7 Å². The zero-order valence-corrected chi connectivity index (χ0v) is 19.8. The molecule has 1 amide bonds. The monoisotopic (exact) mass is 493 g/mol. The minimum Gasteiger partial charge on any atom is -0.496 e. The third-order valence-corrected chi connectivity index (χ3v) is 6.33. The number of nitrogens with two attached hydrogens (primary N) is 1. The quantitative estimate of drug-likeness (QED) is 0.423. The van der Waals surface area contributed by atoms with Crippen molar-refractivity contribution in [3.63, 3.8) is 0 Å². The number of nitrogens with zero attached hydrogens (tertiary/aromatic N) is 5. The van der Waals surface area contributed by atoms with Crippen LogP contribution in [-0.2, 0) is 7.05 Å². The van der Waals surface area contributed by atoms with Crippen LogP contribution in [0.15, 0.2) is 42.7 Å². The topological polar surface area (TPSA) is 111 Å².